The molecule has 20 heavy (non-hydrogen) atoms. The van der Waals surface area contributed by atoms with Gasteiger partial charge in [0.05, 0.1) is 11.4 Å². The summed E-state index contributed by atoms with van der Waals surface area (Å²) in [5, 5.41) is 14.3. The van der Waals surface area contributed by atoms with E-state index < -0.39 is 0 Å². The van der Waals surface area contributed by atoms with Gasteiger partial charge in [-0.25, -0.2) is 0 Å². The molecule has 0 aromatic heterocycles. The van der Waals surface area contributed by atoms with E-state index in [0.29, 0.717) is 16.6 Å². The maximum atomic E-state index is 9.81. The van der Waals surface area contributed by atoms with Crippen molar-refractivity contribution >= 4 is 34.6 Å². The lowest BCUT2D eigenvalue weighted by molar-refractivity contribution is 0.469. The zero-order chi connectivity index (χ0) is 14.7. The third kappa shape index (κ3) is 3.50. The Morgan fingerprint density at radius 3 is 2.40 bits per heavy atom. The van der Waals surface area contributed by atoms with E-state index in [4.69, 9.17) is 23.2 Å². The standard InChI is InChI=1S/C15H16Cl2N2O/c1-19(2)14-5-3-12(17)8-13(14)18-9-10-7-11(16)4-6-15(10)20/h3-8,18,20H,9H2,1-2H3. The molecule has 2 N–H and O–H groups in total. The van der Waals surface area contributed by atoms with Gasteiger partial charge in [-0.3, -0.25) is 0 Å². The highest BCUT2D eigenvalue weighted by Crippen LogP contribution is 2.29. The molecule has 0 aliphatic rings. The van der Waals surface area contributed by atoms with Crippen LogP contribution in [0.25, 0.3) is 0 Å². The van der Waals surface area contributed by atoms with E-state index >= 15 is 0 Å². The lowest BCUT2D eigenvalue weighted by Gasteiger charge is -2.19. The van der Waals surface area contributed by atoms with Crippen molar-refractivity contribution in [2.75, 3.05) is 24.3 Å². The molecule has 0 amide bonds. The minimum Gasteiger partial charge on any atom is -0.508 e. The van der Waals surface area contributed by atoms with Gasteiger partial charge in [0.25, 0.3) is 0 Å². The molecule has 2 rings (SSSR count). The fourth-order valence-corrected chi connectivity index (χ4v) is 2.29. The number of phenols is 1. The lowest BCUT2D eigenvalue weighted by Crippen LogP contribution is -2.12. The molecule has 0 aliphatic heterocycles. The Kier molecular flexibility index (Phi) is 4.63. The van der Waals surface area contributed by atoms with E-state index in [1.165, 1.54) is 0 Å². The van der Waals surface area contributed by atoms with E-state index in [-0.39, 0.29) is 5.75 Å². The van der Waals surface area contributed by atoms with Gasteiger partial charge in [0.1, 0.15) is 5.75 Å². The first-order valence-electron chi connectivity index (χ1n) is 6.15. The fraction of sp³-hybridized carbons (Fsp3) is 0.200. The first-order chi connectivity index (χ1) is 9.47. The minimum atomic E-state index is 0.218. The van der Waals surface area contributed by atoms with Gasteiger partial charge in [-0.15, -0.1) is 0 Å². The van der Waals surface area contributed by atoms with Gasteiger partial charge < -0.3 is 15.3 Å². The summed E-state index contributed by atoms with van der Waals surface area (Å²) in [6, 6.07) is 10.6. The number of benzene rings is 2. The number of hydrogen-bond donors (Lipinski definition) is 2. The number of hydrogen-bond acceptors (Lipinski definition) is 3. The molecule has 2 aromatic rings. The number of halogens is 2. The van der Waals surface area contributed by atoms with Crippen LogP contribution in [0.3, 0.4) is 0 Å². The van der Waals surface area contributed by atoms with Crippen LogP contribution < -0.4 is 10.2 Å². The Bertz CT molecular complexity index is 615. The zero-order valence-corrected chi connectivity index (χ0v) is 12.8. The number of nitrogens with one attached hydrogen (secondary N) is 1. The molecule has 0 saturated carbocycles. The fourth-order valence-electron chi connectivity index (χ4n) is 1.93. The van der Waals surface area contributed by atoms with Crippen molar-refractivity contribution in [3.63, 3.8) is 0 Å². The quantitative estimate of drug-likeness (QED) is 0.880. The molecule has 0 bridgehead atoms. The van der Waals surface area contributed by atoms with Gasteiger partial charge in [-0.2, -0.15) is 0 Å². The summed E-state index contributed by atoms with van der Waals surface area (Å²) in [4.78, 5) is 2.00. The number of rotatable bonds is 4. The molecular weight excluding hydrogens is 295 g/mol. The van der Waals surface area contributed by atoms with Gasteiger partial charge >= 0.3 is 0 Å². The maximum absolute atomic E-state index is 9.81. The normalized spacial score (nSPS) is 10.4. The number of anilines is 2. The first-order valence-corrected chi connectivity index (χ1v) is 6.91. The maximum Gasteiger partial charge on any atom is 0.120 e. The number of phenolic OH excluding ortho intramolecular Hbond substituents is 1. The van der Waals surface area contributed by atoms with Crippen LogP contribution in [-0.2, 0) is 6.54 Å². The highest BCUT2D eigenvalue weighted by molar-refractivity contribution is 6.31. The summed E-state index contributed by atoms with van der Waals surface area (Å²) in [5.74, 6) is 0.218. The smallest absolute Gasteiger partial charge is 0.120 e. The van der Waals surface area contributed by atoms with Crippen LogP contribution in [0.1, 0.15) is 5.56 Å². The lowest BCUT2D eigenvalue weighted by atomic mass is 10.2. The van der Waals surface area contributed by atoms with Crippen molar-refractivity contribution < 1.29 is 5.11 Å². The summed E-state index contributed by atoms with van der Waals surface area (Å²) in [7, 11) is 3.93. The van der Waals surface area contributed by atoms with Gasteiger partial charge in [-0.05, 0) is 36.4 Å². The summed E-state index contributed by atoms with van der Waals surface area (Å²) in [6.07, 6.45) is 0. The topological polar surface area (TPSA) is 35.5 Å². The minimum absolute atomic E-state index is 0.218. The molecule has 0 saturated heterocycles. The van der Waals surface area contributed by atoms with Gasteiger partial charge in [0, 0.05) is 36.2 Å². The van der Waals surface area contributed by atoms with Crippen LogP contribution in [0.4, 0.5) is 11.4 Å². The molecule has 0 atom stereocenters. The van der Waals surface area contributed by atoms with Gasteiger partial charge in [-0.1, -0.05) is 23.2 Å². The third-order valence-electron chi connectivity index (χ3n) is 2.95. The van der Waals surface area contributed by atoms with Crippen molar-refractivity contribution in [3.05, 3.63) is 52.0 Å². The Hall–Kier alpha value is -1.58. The second-order valence-electron chi connectivity index (χ2n) is 4.68. The van der Waals surface area contributed by atoms with Crippen LogP contribution in [0.5, 0.6) is 5.75 Å². The summed E-state index contributed by atoms with van der Waals surface area (Å²) in [5.41, 5.74) is 2.67. The van der Waals surface area contributed by atoms with E-state index in [1.54, 1.807) is 18.2 Å². The van der Waals surface area contributed by atoms with Gasteiger partial charge in [0.15, 0.2) is 0 Å². The summed E-state index contributed by atoms with van der Waals surface area (Å²) >= 11 is 12.0. The van der Waals surface area contributed by atoms with Crippen LogP contribution in [-0.4, -0.2) is 19.2 Å². The molecule has 5 heteroatoms. The van der Waals surface area contributed by atoms with Crippen molar-refractivity contribution in [1.82, 2.24) is 0 Å². The van der Waals surface area contributed by atoms with E-state index in [1.807, 2.05) is 37.2 Å². The van der Waals surface area contributed by atoms with E-state index in [2.05, 4.69) is 5.32 Å². The zero-order valence-electron chi connectivity index (χ0n) is 11.3. The highest BCUT2D eigenvalue weighted by Gasteiger charge is 2.07. The second-order valence-corrected chi connectivity index (χ2v) is 5.56. The molecule has 0 aliphatic carbocycles. The molecule has 0 heterocycles. The Morgan fingerprint density at radius 2 is 1.70 bits per heavy atom. The van der Waals surface area contributed by atoms with Crippen molar-refractivity contribution in [3.8, 4) is 5.75 Å². The molecule has 0 spiro atoms. The third-order valence-corrected chi connectivity index (χ3v) is 3.42. The van der Waals surface area contributed by atoms with Crippen LogP contribution in [0.2, 0.25) is 10.0 Å². The Labute approximate surface area is 128 Å². The number of aromatic hydroxyl groups is 1. The van der Waals surface area contributed by atoms with Crippen LogP contribution in [0.15, 0.2) is 36.4 Å². The van der Waals surface area contributed by atoms with E-state index in [0.717, 1.165) is 16.9 Å². The highest BCUT2D eigenvalue weighted by atomic mass is 35.5. The molecule has 0 fully saturated rings. The molecule has 0 unspecified atom stereocenters. The Morgan fingerprint density at radius 1 is 1.05 bits per heavy atom. The van der Waals surface area contributed by atoms with Crippen LogP contribution in [0, 0.1) is 0 Å². The first kappa shape index (κ1) is 14.8. The average Bonchev–Trinajstić information content (AvgIpc) is 2.39. The molecule has 0 radical (unpaired) electrons. The van der Waals surface area contributed by atoms with Gasteiger partial charge in [0.2, 0.25) is 0 Å². The average molecular weight is 311 g/mol. The van der Waals surface area contributed by atoms with Crippen molar-refractivity contribution in [1.29, 1.82) is 0 Å². The molecule has 3 nitrogen and oxygen atoms in total. The van der Waals surface area contributed by atoms with E-state index in [9.17, 15) is 5.11 Å². The van der Waals surface area contributed by atoms with Crippen LogP contribution >= 0.6 is 23.2 Å². The predicted octanol–water partition coefficient (Wildman–Crippen LogP) is 4.38. The van der Waals surface area contributed by atoms with Crippen molar-refractivity contribution in [2.45, 2.75) is 6.54 Å². The largest absolute Gasteiger partial charge is 0.508 e. The Balaban J connectivity index is 2.22. The molecule has 2 aromatic carbocycles. The summed E-state index contributed by atoms with van der Waals surface area (Å²) < 4.78 is 0. The SMILES string of the molecule is CN(C)c1ccc(Cl)cc1NCc1cc(Cl)ccc1O. The second kappa shape index (κ2) is 6.25. The predicted molar refractivity (Wildman–Crippen MR) is 86.2 cm³/mol. The summed E-state index contributed by atoms with van der Waals surface area (Å²) in [6.45, 7) is 0.466. The van der Waals surface area contributed by atoms with Crippen molar-refractivity contribution in [2.24, 2.45) is 0 Å². The molecule has 106 valence electrons. The monoisotopic (exact) mass is 310 g/mol. The number of nitrogens with zero attached hydrogens (tertiary/aromatic N) is 1. The molecular formula is C15H16Cl2N2O.